The summed E-state index contributed by atoms with van der Waals surface area (Å²) < 4.78 is 23.6. The van der Waals surface area contributed by atoms with Crippen molar-refractivity contribution in [3.8, 4) is 0 Å². The largest absolute Gasteiger partial charge is 0.384 e. The van der Waals surface area contributed by atoms with E-state index in [4.69, 9.17) is 9.47 Å². The van der Waals surface area contributed by atoms with Crippen LogP contribution in [0.1, 0.15) is 5.56 Å². The summed E-state index contributed by atoms with van der Waals surface area (Å²) >= 11 is 1.47. The fourth-order valence-electron chi connectivity index (χ4n) is 1.41. The molecule has 1 rings (SSSR count). The van der Waals surface area contributed by atoms with Crippen LogP contribution in [0, 0.1) is 5.82 Å². The van der Waals surface area contributed by atoms with E-state index in [9.17, 15) is 4.39 Å². The zero-order chi connectivity index (χ0) is 13.2. The molecule has 102 valence electrons. The van der Waals surface area contributed by atoms with Gasteiger partial charge in [-0.15, -0.1) is 11.8 Å². The predicted molar refractivity (Wildman–Crippen MR) is 72.6 cm³/mol. The van der Waals surface area contributed by atoms with Crippen molar-refractivity contribution in [1.82, 2.24) is 5.32 Å². The van der Waals surface area contributed by atoms with E-state index in [1.165, 1.54) is 11.8 Å². The van der Waals surface area contributed by atoms with Gasteiger partial charge in [0.15, 0.2) is 0 Å². The highest BCUT2D eigenvalue weighted by atomic mass is 32.2. The van der Waals surface area contributed by atoms with E-state index < -0.39 is 0 Å². The first-order chi connectivity index (χ1) is 8.77. The molecular formula is C13H20FNO2S. The Balaban J connectivity index is 2.41. The van der Waals surface area contributed by atoms with Crippen LogP contribution in [0.2, 0.25) is 0 Å². The van der Waals surface area contributed by atoms with Crippen LogP contribution < -0.4 is 5.32 Å². The molecule has 0 atom stereocenters. The molecular weight excluding hydrogens is 253 g/mol. The molecule has 1 aromatic rings. The summed E-state index contributed by atoms with van der Waals surface area (Å²) in [4.78, 5) is 0.674. The minimum absolute atomic E-state index is 0.165. The molecule has 0 saturated heterocycles. The third kappa shape index (κ3) is 5.82. The van der Waals surface area contributed by atoms with Crippen LogP contribution >= 0.6 is 11.8 Å². The third-order valence-corrected chi connectivity index (χ3v) is 3.37. The predicted octanol–water partition coefficient (Wildman–Crippen LogP) is 2.30. The molecule has 0 aromatic heterocycles. The van der Waals surface area contributed by atoms with Gasteiger partial charge >= 0.3 is 0 Å². The topological polar surface area (TPSA) is 30.5 Å². The molecule has 1 aromatic carbocycles. The molecule has 0 aliphatic rings. The Hall–Kier alpha value is -0.620. The first-order valence-electron chi connectivity index (χ1n) is 5.87. The van der Waals surface area contributed by atoms with E-state index in [2.05, 4.69) is 5.32 Å². The van der Waals surface area contributed by atoms with Crippen LogP contribution in [0.3, 0.4) is 0 Å². The van der Waals surface area contributed by atoms with Gasteiger partial charge in [0, 0.05) is 38.0 Å². The van der Waals surface area contributed by atoms with Gasteiger partial charge in [-0.2, -0.15) is 0 Å². The van der Waals surface area contributed by atoms with E-state index in [0.717, 1.165) is 17.9 Å². The lowest BCUT2D eigenvalue weighted by molar-refractivity contribution is 0.199. The van der Waals surface area contributed by atoms with Crippen LogP contribution in [0.25, 0.3) is 0 Å². The van der Waals surface area contributed by atoms with Gasteiger partial charge in [0.05, 0.1) is 13.2 Å². The molecule has 0 heterocycles. The number of nitrogens with one attached hydrogen (secondary N) is 1. The fourth-order valence-corrected chi connectivity index (χ4v) is 2.24. The van der Waals surface area contributed by atoms with Gasteiger partial charge < -0.3 is 14.8 Å². The maximum Gasteiger partial charge on any atom is 0.137 e. The first kappa shape index (κ1) is 15.4. The normalized spacial score (nSPS) is 10.8. The monoisotopic (exact) mass is 273 g/mol. The number of benzene rings is 1. The molecule has 0 amide bonds. The lowest BCUT2D eigenvalue weighted by Gasteiger charge is -2.07. The fraction of sp³-hybridized carbons (Fsp3) is 0.538. The highest BCUT2D eigenvalue weighted by molar-refractivity contribution is 7.99. The van der Waals surface area contributed by atoms with Gasteiger partial charge in [-0.1, -0.05) is 6.07 Å². The smallest absolute Gasteiger partial charge is 0.137 e. The summed E-state index contributed by atoms with van der Waals surface area (Å²) in [6.45, 7) is 2.71. The van der Waals surface area contributed by atoms with Crippen LogP contribution in [0.15, 0.2) is 23.1 Å². The lowest BCUT2D eigenvalue weighted by Crippen LogP contribution is -2.18. The van der Waals surface area contributed by atoms with Crippen molar-refractivity contribution < 1.29 is 13.9 Å². The maximum absolute atomic E-state index is 13.7. The number of halogens is 1. The lowest BCUT2D eigenvalue weighted by atomic mass is 10.2. The molecule has 0 aliphatic carbocycles. The van der Waals surface area contributed by atoms with Crippen molar-refractivity contribution in [2.24, 2.45) is 0 Å². The minimum Gasteiger partial charge on any atom is -0.384 e. The number of ether oxygens (including phenoxy) is 2. The Morgan fingerprint density at radius 3 is 2.67 bits per heavy atom. The first-order valence-corrected chi connectivity index (χ1v) is 6.86. The standard InChI is InChI=1S/C13H20FNO2S/c1-16-6-5-15-10-11-3-4-13(12(14)9-11)18-8-7-17-2/h3-4,9,15H,5-8,10H2,1-2H3. The zero-order valence-corrected chi connectivity index (χ0v) is 11.7. The Morgan fingerprint density at radius 2 is 2.00 bits per heavy atom. The molecule has 0 radical (unpaired) electrons. The molecule has 0 bridgehead atoms. The highest BCUT2D eigenvalue weighted by Crippen LogP contribution is 2.22. The number of hydrogen-bond donors (Lipinski definition) is 1. The second-order valence-corrected chi connectivity index (χ2v) is 4.91. The number of hydrogen-bond acceptors (Lipinski definition) is 4. The Bertz CT molecular complexity index is 350. The molecule has 0 spiro atoms. The molecule has 5 heteroatoms. The molecule has 18 heavy (non-hydrogen) atoms. The molecule has 0 unspecified atom stereocenters. The van der Waals surface area contributed by atoms with Crippen molar-refractivity contribution in [2.75, 3.05) is 39.7 Å². The molecule has 3 nitrogen and oxygen atoms in total. The minimum atomic E-state index is -0.165. The van der Waals surface area contributed by atoms with Gasteiger partial charge in [0.2, 0.25) is 0 Å². The summed E-state index contributed by atoms with van der Waals surface area (Å²) in [5, 5.41) is 3.18. The van der Waals surface area contributed by atoms with E-state index in [0.29, 0.717) is 24.7 Å². The van der Waals surface area contributed by atoms with Crippen molar-refractivity contribution in [3.63, 3.8) is 0 Å². The number of methoxy groups -OCH3 is 2. The maximum atomic E-state index is 13.7. The van der Waals surface area contributed by atoms with Crippen molar-refractivity contribution in [3.05, 3.63) is 29.6 Å². The van der Waals surface area contributed by atoms with Crippen molar-refractivity contribution >= 4 is 11.8 Å². The number of rotatable bonds is 9. The highest BCUT2D eigenvalue weighted by Gasteiger charge is 2.04. The summed E-state index contributed by atoms with van der Waals surface area (Å²) in [5.74, 6) is 0.598. The Morgan fingerprint density at radius 1 is 1.22 bits per heavy atom. The third-order valence-electron chi connectivity index (χ3n) is 2.35. The van der Waals surface area contributed by atoms with Crippen molar-refractivity contribution in [2.45, 2.75) is 11.4 Å². The van der Waals surface area contributed by atoms with Crippen LogP contribution in [-0.2, 0) is 16.0 Å². The van der Waals surface area contributed by atoms with E-state index in [1.54, 1.807) is 20.3 Å². The molecule has 0 saturated carbocycles. The molecule has 0 fully saturated rings. The Labute approximate surface area is 112 Å². The quantitative estimate of drug-likeness (QED) is 0.552. The van der Waals surface area contributed by atoms with Gasteiger partial charge in [0.1, 0.15) is 5.82 Å². The van der Waals surface area contributed by atoms with E-state index >= 15 is 0 Å². The van der Waals surface area contributed by atoms with Gasteiger partial charge in [-0.25, -0.2) is 4.39 Å². The van der Waals surface area contributed by atoms with E-state index in [1.807, 2.05) is 12.1 Å². The second kappa shape index (κ2) is 9.33. The summed E-state index contributed by atoms with van der Waals surface area (Å²) in [6, 6.07) is 5.34. The van der Waals surface area contributed by atoms with Gasteiger partial charge in [-0.05, 0) is 17.7 Å². The average Bonchev–Trinajstić information content (AvgIpc) is 2.37. The SMILES string of the molecule is COCCNCc1ccc(SCCOC)c(F)c1. The summed E-state index contributed by atoms with van der Waals surface area (Å²) in [5.41, 5.74) is 0.944. The van der Waals surface area contributed by atoms with Gasteiger partial charge in [-0.3, -0.25) is 0 Å². The number of thioether (sulfide) groups is 1. The van der Waals surface area contributed by atoms with Crippen LogP contribution in [-0.4, -0.2) is 39.7 Å². The summed E-state index contributed by atoms with van der Waals surface area (Å²) in [6.07, 6.45) is 0. The second-order valence-electron chi connectivity index (χ2n) is 3.78. The average molecular weight is 273 g/mol. The van der Waals surface area contributed by atoms with Crippen LogP contribution in [0.5, 0.6) is 0 Å². The molecule has 1 N–H and O–H groups in total. The van der Waals surface area contributed by atoms with Crippen LogP contribution in [0.4, 0.5) is 4.39 Å². The van der Waals surface area contributed by atoms with Crippen molar-refractivity contribution in [1.29, 1.82) is 0 Å². The van der Waals surface area contributed by atoms with E-state index in [-0.39, 0.29) is 5.82 Å². The Kier molecular flexibility index (Phi) is 8.00. The molecule has 0 aliphatic heterocycles. The van der Waals surface area contributed by atoms with Gasteiger partial charge in [0.25, 0.3) is 0 Å². The zero-order valence-electron chi connectivity index (χ0n) is 10.9. The summed E-state index contributed by atoms with van der Waals surface area (Å²) in [7, 11) is 3.30.